The normalized spacial score (nSPS) is 11.2. The highest BCUT2D eigenvalue weighted by molar-refractivity contribution is 7.15. The lowest BCUT2D eigenvalue weighted by molar-refractivity contribution is 1.02. The van der Waals surface area contributed by atoms with Gasteiger partial charge in [-0.1, -0.05) is 6.07 Å². The third-order valence-electron chi connectivity index (χ3n) is 2.53. The van der Waals surface area contributed by atoms with Crippen LogP contribution < -0.4 is 5.73 Å². The molecule has 2 N–H and O–H groups in total. The maximum absolute atomic E-state index is 5.60. The number of hydrogen-bond acceptors (Lipinski definition) is 5. The predicted octanol–water partition coefficient (Wildman–Crippen LogP) is 1.62. The van der Waals surface area contributed by atoms with Crippen LogP contribution in [0.4, 0.5) is 0 Å². The number of pyridine rings is 1. The molecule has 0 saturated heterocycles. The molecule has 3 aromatic heterocycles. The van der Waals surface area contributed by atoms with Crippen molar-refractivity contribution in [3.05, 3.63) is 35.1 Å². The summed E-state index contributed by atoms with van der Waals surface area (Å²) in [5.41, 5.74) is 7.39. The Balaban J connectivity index is 2.23. The number of aryl methyl sites for hydroxylation is 1. The molecule has 3 heterocycles. The first-order chi connectivity index (χ1) is 8.29. The van der Waals surface area contributed by atoms with E-state index in [1.165, 1.54) is 0 Å². The van der Waals surface area contributed by atoms with Crippen LogP contribution in [0, 0.1) is 6.92 Å². The molecule has 0 radical (unpaired) electrons. The lowest BCUT2D eigenvalue weighted by Crippen LogP contribution is -1.94. The first kappa shape index (κ1) is 10.4. The summed E-state index contributed by atoms with van der Waals surface area (Å²) in [6.07, 6.45) is 1.95. The molecule has 0 spiro atoms. The molecular weight excluding hydrogens is 234 g/mol. The van der Waals surface area contributed by atoms with E-state index in [1.54, 1.807) is 11.3 Å². The van der Waals surface area contributed by atoms with Gasteiger partial charge < -0.3 is 5.73 Å². The van der Waals surface area contributed by atoms with Gasteiger partial charge in [-0.15, -0.1) is 21.5 Å². The second kappa shape index (κ2) is 3.90. The number of nitrogens with zero attached hydrogens (tertiary/aromatic N) is 4. The predicted molar refractivity (Wildman–Crippen MR) is 66.7 cm³/mol. The third kappa shape index (κ3) is 1.62. The molecule has 0 amide bonds. The van der Waals surface area contributed by atoms with Crippen LogP contribution >= 0.6 is 11.3 Å². The van der Waals surface area contributed by atoms with Crippen molar-refractivity contribution in [1.29, 1.82) is 0 Å². The highest BCUT2D eigenvalue weighted by Gasteiger charge is 2.14. The quantitative estimate of drug-likeness (QED) is 0.745. The number of hydrogen-bond donors (Lipinski definition) is 1. The van der Waals surface area contributed by atoms with Gasteiger partial charge in [0.05, 0.1) is 10.6 Å². The van der Waals surface area contributed by atoms with E-state index in [0.717, 1.165) is 27.1 Å². The van der Waals surface area contributed by atoms with Crippen molar-refractivity contribution >= 4 is 17.0 Å². The Bertz CT molecular complexity index is 669. The van der Waals surface area contributed by atoms with Crippen LogP contribution in [0.1, 0.15) is 10.7 Å². The summed E-state index contributed by atoms with van der Waals surface area (Å²) in [5, 5.41) is 9.27. The zero-order valence-electron chi connectivity index (χ0n) is 9.29. The van der Waals surface area contributed by atoms with Crippen molar-refractivity contribution in [3.63, 3.8) is 0 Å². The van der Waals surface area contributed by atoms with E-state index in [2.05, 4.69) is 15.2 Å². The molecule has 0 fully saturated rings. The number of rotatable bonds is 2. The average Bonchev–Trinajstić information content (AvgIpc) is 2.92. The van der Waals surface area contributed by atoms with Crippen LogP contribution in [0.2, 0.25) is 0 Å². The highest BCUT2D eigenvalue weighted by Crippen LogP contribution is 2.28. The molecule has 86 valence electrons. The summed E-state index contributed by atoms with van der Waals surface area (Å²) in [5.74, 6) is 0.829. The van der Waals surface area contributed by atoms with E-state index in [9.17, 15) is 0 Å². The van der Waals surface area contributed by atoms with E-state index in [1.807, 2.05) is 35.7 Å². The van der Waals surface area contributed by atoms with Gasteiger partial charge in [-0.3, -0.25) is 4.40 Å². The topological polar surface area (TPSA) is 69.1 Å². The fraction of sp³-hybridized carbons (Fsp3) is 0.182. The van der Waals surface area contributed by atoms with Crippen molar-refractivity contribution in [2.75, 3.05) is 0 Å². The van der Waals surface area contributed by atoms with Gasteiger partial charge in [-0.05, 0) is 19.1 Å². The number of fused-ring (bicyclic) bond motifs is 1. The zero-order valence-corrected chi connectivity index (χ0v) is 10.1. The van der Waals surface area contributed by atoms with Gasteiger partial charge in [-0.2, -0.15) is 0 Å². The molecule has 0 aliphatic carbocycles. The first-order valence-corrected chi connectivity index (χ1v) is 6.08. The minimum Gasteiger partial charge on any atom is -0.325 e. The van der Waals surface area contributed by atoms with Crippen LogP contribution in [0.15, 0.2) is 24.4 Å². The van der Waals surface area contributed by atoms with Crippen LogP contribution in [-0.2, 0) is 6.54 Å². The van der Waals surface area contributed by atoms with Gasteiger partial charge in [0, 0.05) is 12.7 Å². The SMILES string of the molecule is Cc1nc(CN)sc1-c1nnc2ccccn12. The smallest absolute Gasteiger partial charge is 0.180 e. The van der Waals surface area contributed by atoms with E-state index < -0.39 is 0 Å². The summed E-state index contributed by atoms with van der Waals surface area (Å²) < 4.78 is 1.96. The van der Waals surface area contributed by atoms with Gasteiger partial charge in [0.15, 0.2) is 11.5 Å². The highest BCUT2D eigenvalue weighted by atomic mass is 32.1. The Labute approximate surface area is 102 Å². The lowest BCUT2D eigenvalue weighted by atomic mass is 10.3. The summed E-state index contributed by atoms with van der Waals surface area (Å²) in [6, 6.07) is 5.83. The fourth-order valence-electron chi connectivity index (χ4n) is 1.74. The molecule has 17 heavy (non-hydrogen) atoms. The number of aromatic nitrogens is 4. The second-order valence-electron chi connectivity index (χ2n) is 3.68. The van der Waals surface area contributed by atoms with Crippen LogP contribution in [-0.4, -0.2) is 19.6 Å². The van der Waals surface area contributed by atoms with Crippen molar-refractivity contribution in [2.45, 2.75) is 13.5 Å². The minimum atomic E-state index is 0.461. The van der Waals surface area contributed by atoms with E-state index in [-0.39, 0.29) is 0 Å². The Morgan fingerprint density at radius 3 is 3.00 bits per heavy atom. The molecule has 0 saturated carbocycles. The van der Waals surface area contributed by atoms with Gasteiger partial charge in [0.25, 0.3) is 0 Å². The molecule has 0 aromatic carbocycles. The maximum Gasteiger partial charge on any atom is 0.180 e. The summed E-state index contributed by atoms with van der Waals surface area (Å²) in [6.45, 7) is 2.43. The summed E-state index contributed by atoms with van der Waals surface area (Å²) in [7, 11) is 0. The van der Waals surface area contributed by atoms with E-state index >= 15 is 0 Å². The monoisotopic (exact) mass is 245 g/mol. The molecule has 0 bridgehead atoms. The van der Waals surface area contributed by atoms with Crippen molar-refractivity contribution in [3.8, 4) is 10.7 Å². The number of nitrogens with two attached hydrogens (primary N) is 1. The van der Waals surface area contributed by atoms with Crippen molar-refractivity contribution < 1.29 is 0 Å². The average molecular weight is 245 g/mol. The Morgan fingerprint density at radius 2 is 2.24 bits per heavy atom. The Hall–Kier alpha value is -1.79. The second-order valence-corrected chi connectivity index (χ2v) is 4.76. The van der Waals surface area contributed by atoms with Gasteiger partial charge in [-0.25, -0.2) is 4.98 Å². The zero-order chi connectivity index (χ0) is 11.8. The van der Waals surface area contributed by atoms with E-state index in [4.69, 9.17) is 5.73 Å². The summed E-state index contributed by atoms with van der Waals surface area (Å²) >= 11 is 1.57. The van der Waals surface area contributed by atoms with Crippen molar-refractivity contribution in [1.82, 2.24) is 19.6 Å². The standard InChI is InChI=1S/C11H11N5S/c1-7-10(17-9(6-12)13-7)11-15-14-8-4-2-3-5-16(8)11/h2-5H,6,12H2,1H3. The van der Waals surface area contributed by atoms with Gasteiger partial charge >= 0.3 is 0 Å². The Morgan fingerprint density at radius 1 is 1.35 bits per heavy atom. The maximum atomic E-state index is 5.60. The first-order valence-electron chi connectivity index (χ1n) is 5.26. The molecule has 3 aromatic rings. The molecule has 0 aliphatic heterocycles. The fourth-order valence-corrected chi connectivity index (χ4v) is 2.67. The summed E-state index contributed by atoms with van der Waals surface area (Å²) in [4.78, 5) is 5.44. The van der Waals surface area contributed by atoms with Gasteiger partial charge in [0.2, 0.25) is 0 Å². The van der Waals surface area contributed by atoms with Gasteiger partial charge in [0.1, 0.15) is 5.01 Å². The van der Waals surface area contributed by atoms with Crippen LogP contribution in [0.3, 0.4) is 0 Å². The van der Waals surface area contributed by atoms with Crippen LogP contribution in [0.5, 0.6) is 0 Å². The lowest BCUT2D eigenvalue weighted by Gasteiger charge is -1.96. The molecule has 0 aliphatic rings. The number of thiazole rings is 1. The molecular formula is C11H11N5S. The van der Waals surface area contributed by atoms with Crippen LogP contribution in [0.25, 0.3) is 16.3 Å². The molecule has 3 rings (SSSR count). The Kier molecular flexibility index (Phi) is 2.38. The molecule has 5 nitrogen and oxygen atoms in total. The largest absolute Gasteiger partial charge is 0.325 e. The molecule has 0 atom stereocenters. The van der Waals surface area contributed by atoms with Crippen molar-refractivity contribution in [2.24, 2.45) is 5.73 Å². The van der Waals surface area contributed by atoms with E-state index in [0.29, 0.717) is 6.54 Å². The molecule has 0 unspecified atom stereocenters. The minimum absolute atomic E-state index is 0.461. The molecule has 6 heteroatoms. The third-order valence-corrected chi connectivity index (χ3v) is 3.71.